The fraction of sp³-hybridized carbons (Fsp3) is 0.417. The zero-order valence-corrected chi connectivity index (χ0v) is 10.4. The molecule has 1 aromatic heterocycles. The van der Waals surface area contributed by atoms with E-state index in [1.165, 1.54) is 5.56 Å². The molecule has 0 amide bonds. The van der Waals surface area contributed by atoms with Gasteiger partial charge >= 0.3 is 0 Å². The summed E-state index contributed by atoms with van der Waals surface area (Å²) >= 11 is 0. The van der Waals surface area contributed by atoms with Crippen LogP contribution in [0.2, 0.25) is 0 Å². The van der Waals surface area contributed by atoms with Crippen molar-refractivity contribution in [2.24, 2.45) is 5.73 Å². The number of rotatable bonds is 1. The molecule has 0 bridgehead atoms. The van der Waals surface area contributed by atoms with E-state index in [2.05, 4.69) is 10.1 Å². The molecule has 0 aliphatic heterocycles. The van der Waals surface area contributed by atoms with Crippen LogP contribution < -0.4 is 15.5 Å². The van der Waals surface area contributed by atoms with Crippen LogP contribution in [0.1, 0.15) is 11.1 Å². The molecule has 2 aromatic rings. The van der Waals surface area contributed by atoms with E-state index >= 15 is 0 Å². The normalized spacial score (nSPS) is 18.1. The first-order chi connectivity index (χ1) is 8.54. The Labute approximate surface area is 105 Å². The van der Waals surface area contributed by atoms with E-state index in [1.807, 2.05) is 26.2 Å². The van der Waals surface area contributed by atoms with Crippen LogP contribution >= 0.6 is 0 Å². The highest BCUT2D eigenvalue weighted by molar-refractivity contribution is 5.74. The van der Waals surface area contributed by atoms with Gasteiger partial charge in [-0.25, -0.2) is 4.98 Å². The average molecular weight is 245 g/mol. The first-order valence-electron chi connectivity index (χ1n) is 5.91. The van der Waals surface area contributed by atoms with Gasteiger partial charge in [0.2, 0.25) is 0 Å². The number of nitrogens with zero attached hydrogens (tertiary/aromatic N) is 4. The van der Waals surface area contributed by atoms with E-state index in [-0.39, 0.29) is 6.04 Å². The number of hydrogen-bond donors (Lipinski definition) is 1. The predicted molar refractivity (Wildman–Crippen MR) is 68.2 cm³/mol. The summed E-state index contributed by atoms with van der Waals surface area (Å²) in [5.41, 5.74) is 9.45. The van der Waals surface area contributed by atoms with Crippen LogP contribution in [0, 0.1) is 5.21 Å². The lowest BCUT2D eigenvalue weighted by Gasteiger charge is -2.09. The molecule has 18 heavy (non-hydrogen) atoms. The van der Waals surface area contributed by atoms with Gasteiger partial charge in [0.25, 0.3) is 11.5 Å². The van der Waals surface area contributed by atoms with Gasteiger partial charge in [-0.3, -0.25) is 0 Å². The average Bonchev–Trinajstić information content (AvgIpc) is 2.65. The zero-order valence-electron chi connectivity index (χ0n) is 10.4. The summed E-state index contributed by atoms with van der Waals surface area (Å²) in [5, 5.41) is 15.8. The maximum atomic E-state index is 11.9. The summed E-state index contributed by atoms with van der Waals surface area (Å²) in [6.07, 6.45) is 1.67. The number of benzene rings is 1. The lowest BCUT2D eigenvalue weighted by atomic mass is 10.1. The number of anilines is 1. The monoisotopic (exact) mass is 245 g/mol. The van der Waals surface area contributed by atoms with Gasteiger partial charge in [-0.15, -0.1) is 0 Å². The van der Waals surface area contributed by atoms with Crippen LogP contribution in [0.15, 0.2) is 12.1 Å². The molecule has 94 valence electrons. The Morgan fingerprint density at radius 3 is 2.67 bits per heavy atom. The van der Waals surface area contributed by atoms with E-state index in [9.17, 15) is 5.21 Å². The molecule has 2 N–H and O–H groups in total. The SMILES string of the molecule is CN(C)c1nc2cc3c(cc2[n+]([O-])n1)CC(N)C3. The number of hydrogen-bond acceptors (Lipinski definition) is 5. The Morgan fingerprint density at radius 1 is 1.33 bits per heavy atom. The molecule has 1 atom stereocenters. The topological polar surface area (TPSA) is 82.0 Å². The van der Waals surface area contributed by atoms with Gasteiger partial charge in [0, 0.05) is 26.2 Å². The van der Waals surface area contributed by atoms with Crippen molar-refractivity contribution in [3.05, 3.63) is 28.5 Å². The summed E-state index contributed by atoms with van der Waals surface area (Å²) in [4.78, 5) is 6.75. The van der Waals surface area contributed by atoms with Crippen molar-refractivity contribution < 1.29 is 4.85 Å². The van der Waals surface area contributed by atoms with Crippen molar-refractivity contribution in [3.8, 4) is 0 Å². The molecule has 1 aliphatic carbocycles. The lowest BCUT2D eigenvalue weighted by Crippen LogP contribution is -2.35. The van der Waals surface area contributed by atoms with Crippen molar-refractivity contribution in [1.29, 1.82) is 0 Å². The molecule has 0 radical (unpaired) electrons. The van der Waals surface area contributed by atoms with E-state index in [0.717, 1.165) is 18.4 Å². The zero-order chi connectivity index (χ0) is 12.9. The highest BCUT2D eigenvalue weighted by Gasteiger charge is 2.22. The second-order valence-electron chi connectivity index (χ2n) is 4.96. The second-order valence-corrected chi connectivity index (χ2v) is 4.96. The maximum Gasteiger partial charge on any atom is 0.292 e. The van der Waals surface area contributed by atoms with E-state index < -0.39 is 0 Å². The number of fused-ring (bicyclic) bond motifs is 2. The van der Waals surface area contributed by atoms with Gasteiger partial charge in [-0.1, -0.05) is 0 Å². The van der Waals surface area contributed by atoms with Crippen LogP contribution in [0.4, 0.5) is 5.95 Å². The van der Waals surface area contributed by atoms with Gasteiger partial charge in [0.05, 0.1) is 5.10 Å². The first-order valence-corrected chi connectivity index (χ1v) is 5.91. The standard InChI is InChI=1S/C12H15N5O/c1-16(2)12-14-10-5-7-3-9(13)4-8(7)6-11(10)17(18)15-12/h5-6,9H,3-4,13H2,1-2H3. The van der Waals surface area contributed by atoms with Gasteiger partial charge < -0.3 is 15.8 Å². The Kier molecular flexibility index (Phi) is 2.34. The van der Waals surface area contributed by atoms with E-state index in [0.29, 0.717) is 21.8 Å². The predicted octanol–water partition coefficient (Wildman–Crippen LogP) is -0.245. The summed E-state index contributed by atoms with van der Waals surface area (Å²) in [6, 6.07) is 3.98. The number of nitrogens with two attached hydrogens (primary N) is 1. The van der Waals surface area contributed by atoms with Crippen molar-refractivity contribution in [1.82, 2.24) is 10.1 Å². The quantitative estimate of drug-likeness (QED) is 0.553. The first kappa shape index (κ1) is 11.2. The van der Waals surface area contributed by atoms with E-state index in [1.54, 1.807) is 4.90 Å². The van der Waals surface area contributed by atoms with Crippen molar-refractivity contribution in [2.45, 2.75) is 18.9 Å². The van der Waals surface area contributed by atoms with Gasteiger partial charge in [0.1, 0.15) is 5.52 Å². The van der Waals surface area contributed by atoms with E-state index in [4.69, 9.17) is 5.73 Å². The van der Waals surface area contributed by atoms with Crippen LogP contribution in [-0.2, 0) is 12.8 Å². The van der Waals surface area contributed by atoms with Crippen LogP contribution in [0.5, 0.6) is 0 Å². The molecule has 1 aromatic carbocycles. The molecular formula is C12H15N5O. The van der Waals surface area contributed by atoms with Crippen LogP contribution in [0.3, 0.4) is 0 Å². The minimum atomic E-state index is 0.151. The van der Waals surface area contributed by atoms with Gasteiger partial charge in [0.15, 0.2) is 0 Å². The summed E-state index contributed by atoms with van der Waals surface area (Å²) in [5.74, 6) is 0.416. The summed E-state index contributed by atoms with van der Waals surface area (Å²) in [7, 11) is 3.62. The molecule has 6 nitrogen and oxygen atoms in total. The van der Waals surface area contributed by atoms with Crippen LogP contribution in [-0.4, -0.2) is 30.2 Å². The largest absolute Gasteiger partial charge is 0.594 e. The summed E-state index contributed by atoms with van der Waals surface area (Å²) < 4.78 is 0. The van der Waals surface area contributed by atoms with Gasteiger partial charge in [-0.2, -0.15) is 0 Å². The lowest BCUT2D eigenvalue weighted by molar-refractivity contribution is -0.641. The second kappa shape index (κ2) is 3.78. The Morgan fingerprint density at radius 2 is 2.00 bits per heavy atom. The Balaban J connectivity index is 2.23. The molecule has 1 aliphatic rings. The molecule has 0 saturated carbocycles. The third-order valence-corrected chi connectivity index (χ3v) is 3.27. The third-order valence-electron chi connectivity index (χ3n) is 3.27. The Bertz CT molecular complexity index is 625. The van der Waals surface area contributed by atoms with Crippen LogP contribution in [0.25, 0.3) is 11.0 Å². The minimum Gasteiger partial charge on any atom is -0.594 e. The summed E-state index contributed by atoms with van der Waals surface area (Å²) in [6.45, 7) is 0. The maximum absolute atomic E-state index is 11.9. The highest BCUT2D eigenvalue weighted by atomic mass is 16.5. The third kappa shape index (κ3) is 1.65. The van der Waals surface area contributed by atoms with Crippen molar-refractivity contribution in [3.63, 3.8) is 0 Å². The molecule has 3 rings (SSSR count). The molecule has 1 unspecified atom stereocenters. The molecule has 0 saturated heterocycles. The van der Waals surface area contributed by atoms with Crippen molar-refractivity contribution in [2.75, 3.05) is 19.0 Å². The fourth-order valence-corrected chi connectivity index (χ4v) is 2.38. The minimum absolute atomic E-state index is 0.151. The molecule has 0 fully saturated rings. The Hall–Kier alpha value is -1.95. The molecule has 0 spiro atoms. The fourth-order valence-electron chi connectivity index (χ4n) is 2.38. The van der Waals surface area contributed by atoms with Gasteiger partial charge in [-0.05, 0) is 34.9 Å². The molecule has 6 heteroatoms. The highest BCUT2D eigenvalue weighted by Crippen LogP contribution is 2.25. The smallest absolute Gasteiger partial charge is 0.292 e. The molecule has 1 heterocycles. The van der Waals surface area contributed by atoms with Crippen molar-refractivity contribution >= 4 is 17.0 Å². The molecular weight excluding hydrogens is 230 g/mol. The number of aromatic nitrogens is 3.